The lowest BCUT2D eigenvalue weighted by atomic mass is 9.79. The molecule has 2 saturated heterocycles. The Balaban J connectivity index is 1.40. The standard InChI is InChI=1S/C59H80N4O18Si/c1-36(2)82(37(3)4,38(5)6)77-35-58(34-76-59(44-17-15-14-16-18-44,45-19-23-47(71-12)24-20-45)46-21-25-48(72-13)26-22-46)33-62(30-51(81-58)63-29-39(7)55(69)61-57(63)70)50(68)32-73-27-28-74-56-52(60-40(8)64)54(79-43(11)67)53(78-42(10)66)49(80-56)31-75-41(9)65/h14-26,29,36-38,49,51-54,56H,27-28,30-35H2,1-13H3,(H,60,64)(H,61,69,70)/t49-,51-,52-,53+,54-,56-,58+/m1/s1. The molecule has 2 aliphatic heterocycles. The average Bonchev–Trinajstić information content (AvgIpc) is 2.37. The summed E-state index contributed by atoms with van der Waals surface area (Å²) in [5, 5.41) is 2.66. The summed E-state index contributed by atoms with van der Waals surface area (Å²) in [6, 6.07) is 23.6. The Bertz CT molecular complexity index is 2850. The molecule has 3 aromatic carbocycles. The monoisotopic (exact) mass is 1160 g/mol. The minimum absolute atomic E-state index is 0.0854. The number of nitrogens with one attached hydrogen (secondary N) is 2. The first-order chi connectivity index (χ1) is 38.9. The number of methoxy groups -OCH3 is 2. The van der Waals surface area contributed by atoms with E-state index in [4.69, 9.17) is 51.8 Å². The first-order valence-electron chi connectivity index (χ1n) is 27.4. The zero-order valence-electron chi connectivity index (χ0n) is 49.2. The van der Waals surface area contributed by atoms with Crippen LogP contribution in [0, 0.1) is 6.92 Å². The smallest absolute Gasteiger partial charge is 0.330 e. The first-order valence-corrected chi connectivity index (χ1v) is 29.5. The van der Waals surface area contributed by atoms with Crippen LogP contribution in [0.1, 0.15) is 97.7 Å². The SMILES string of the molecule is COc1ccc(C(OC[C@]2(CO[Si](C(C)C)(C(C)C)C(C)C)CN(C(=O)COCCO[C@@H]3O[C@H](COC(C)=O)[C@H](OC(C)=O)[C@H](OC(C)=O)[C@H]3NC(C)=O)C[C@H](n3cc(C)c(=O)[nH]c3=O)O2)(c2ccccc2)c2ccc(OC)cc2)cc1. The summed E-state index contributed by atoms with van der Waals surface area (Å²) in [6.07, 6.45) is -5.08. The molecule has 1 aromatic heterocycles. The minimum Gasteiger partial charge on any atom is -0.497 e. The highest BCUT2D eigenvalue weighted by molar-refractivity contribution is 6.77. The fourth-order valence-electron chi connectivity index (χ4n) is 11.3. The van der Waals surface area contributed by atoms with Crippen molar-refractivity contribution in [3.8, 4) is 11.5 Å². The van der Waals surface area contributed by atoms with Gasteiger partial charge >= 0.3 is 23.6 Å². The van der Waals surface area contributed by atoms with E-state index in [2.05, 4.69) is 51.8 Å². The molecule has 448 valence electrons. The van der Waals surface area contributed by atoms with Gasteiger partial charge in [-0.1, -0.05) is 96.1 Å². The predicted octanol–water partition coefficient (Wildman–Crippen LogP) is 5.85. The third-order valence-electron chi connectivity index (χ3n) is 14.9. The number of aryl methyl sites for hydroxylation is 1. The lowest BCUT2D eigenvalue weighted by Crippen LogP contribution is -2.66. The molecule has 23 heteroatoms. The molecular weight excluding hydrogens is 1080 g/mol. The number of carbonyl (C=O) groups is 5. The number of esters is 3. The van der Waals surface area contributed by atoms with Crippen molar-refractivity contribution >= 4 is 38.0 Å². The number of aromatic nitrogens is 2. The second-order valence-corrected chi connectivity index (χ2v) is 27.0. The number of morpholine rings is 1. The third-order valence-corrected chi connectivity index (χ3v) is 20.9. The molecule has 0 bridgehead atoms. The highest BCUT2D eigenvalue weighted by Crippen LogP contribution is 2.46. The van der Waals surface area contributed by atoms with E-state index in [0.29, 0.717) is 11.5 Å². The van der Waals surface area contributed by atoms with Crippen LogP contribution in [0.3, 0.4) is 0 Å². The number of aromatic amines is 1. The van der Waals surface area contributed by atoms with E-state index in [-0.39, 0.29) is 61.7 Å². The van der Waals surface area contributed by atoms with Gasteiger partial charge in [-0.3, -0.25) is 38.3 Å². The zero-order chi connectivity index (χ0) is 60.1. The van der Waals surface area contributed by atoms with Gasteiger partial charge in [0.2, 0.25) is 11.8 Å². The fraction of sp³-hybridized carbons (Fsp3) is 0.542. The van der Waals surface area contributed by atoms with Crippen LogP contribution in [0.5, 0.6) is 11.5 Å². The maximum Gasteiger partial charge on any atom is 0.330 e. The van der Waals surface area contributed by atoms with Gasteiger partial charge in [-0.2, -0.15) is 0 Å². The van der Waals surface area contributed by atoms with Crippen LogP contribution < -0.4 is 26.0 Å². The van der Waals surface area contributed by atoms with Gasteiger partial charge < -0.3 is 62.0 Å². The highest BCUT2D eigenvalue weighted by atomic mass is 28.4. The van der Waals surface area contributed by atoms with Gasteiger partial charge in [0.05, 0.1) is 53.7 Å². The summed E-state index contributed by atoms with van der Waals surface area (Å²) in [6.45, 7) is 17.1. The van der Waals surface area contributed by atoms with Crippen molar-refractivity contribution in [2.45, 2.75) is 141 Å². The Morgan fingerprint density at radius 3 is 1.84 bits per heavy atom. The maximum absolute atomic E-state index is 14.9. The van der Waals surface area contributed by atoms with Crippen molar-refractivity contribution in [2.24, 2.45) is 0 Å². The number of nitrogens with zero attached hydrogens (tertiary/aromatic N) is 2. The van der Waals surface area contributed by atoms with Crippen molar-refractivity contribution in [1.82, 2.24) is 19.8 Å². The lowest BCUT2D eigenvalue weighted by molar-refractivity contribution is -0.279. The Morgan fingerprint density at radius 2 is 1.32 bits per heavy atom. The van der Waals surface area contributed by atoms with E-state index in [0.717, 1.165) is 30.5 Å². The summed E-state index contributed by atoms with van der Waals surface area (Å²) in [5.74, 6) is -2.04. The molecule has 6 rings (SSSR count). The second kappa shape index (κ2) is 28.5. The van der Waals surface area contributed by atoms with Gasteiger partial charge in [-0.05, 0) is 64.5 Å². The van der Waals surface area contributed by atoms with Crippen molar-refractivity contribution in [3.05, 3.63) is 128 Å². The Labute approximate surface area is 479 Å². The quantitative estimate of drug-likeness (QED) is 0.0246. The van der Waals surface area contributed by atoms with Crippen LogP contribution in [0.15, 0.2) is 94.6 Å². The van der Waals surface area contributed by atoms with Crippen molar-refractivity contribution in [2.75, 3.05) is 67.0 Å². The van der Waals surface area contributed by atoms with Crippen LogP contribution in [0.4, 0.5) is 0 Å². The van der Waals surface area contributed by atoms with E-state index >= 15 is 0 Å². The maximum atomic E-state index is 14.9. The second-order valence-electron chi connectivity index (χ2n) is 21.6. The molecule has 0 aliphatic carbocycles. The van der Waals surface area contributed by atoms with E-state index in [9.17, 15) is 33.6 Å². The van der Waals surface area contributed by atoms with E-state index < -0.39 is 111 Å². The average molecular weight is 1160 g/mol. The van der Waals surface area contributed by atoms with Crippen molar-refractivity contribution in [3.63, 3.8) is 0 Å². The van der Waals surface area contributed by atoms with E-state index in [1.54, 1.807) is 21.1 Å². The number of carbonyl (C=O) groups excluding carboxylic acids is 5. The van der Waals surface area contributed by atoms with Crippen LogP contribution in [-0.4, -0.2) is 156 Å². The van der Waals surface area contributed by atoms with Crippen LogP contribution in [0.25, 0.3) is 0 Å². The topological polar surface area (TPSA) is 257 Å². The molecule has 0 spiro atoms. The number of rotatable bonds is 26. The summed E-state index contributed by atoms with van der Waals surface area (Å²) < 4.78 is 69.3. The van der Waals surface area contributed by atoms with Gasteiger partial charge in [0.15, 0.2) is 33.0 Å². The number of H-pyrrole nitrogens is 1. The molecule has 2 amide bonds. The molecule has 2 aliphatic rings. The Kier molecular flexibility index (Phi) is 22.4. The lowest BCUT2D eigenvalue weighted by Gasteiger charge is -2.50. The van der Waals surface area contributed by atoms with E-state index in [1.807, 2.05) is 78.9 Å². The molecule has 0 radical (unpaired) electrons. The third kappa shape index (κ3) is 15.3. The van der Waals surface area contributed by atoms with Crippen LogP contribution in [0.2, 0.25) is 16.6 Å². The molecule has 22 nitrogen and oxygen atoms in total. The van der Waals surface area contributed by atoms with Gasteiger partial charge in [0.25, 0.3) is 5.56 Å². The summed E-state index contributed by atoms with van der Waals surface area (Å²) in [5.41, 5.74) is -1.44. The summed E-state index contributed by atoms with van der Waals surface area (Å²) in [7, 11) is 0.432. The van der Waals surface area contributed by atoms with Crippen molar-refractivity contribution < 1.29 is 75.8 Å². The van der Waals surface area contributed by atoms with Gasteiger partial charge in [0.1, 0.15) is 48.1 Å². The largest absolute Gasteiger partial charge is 0.497 e. The van der Waals surface area contributed by atoms with Gasteiger partial charge in [-0.15, -0.1) is 0 Å². The number of amides is 2. The Hall–Kier alpha value is -6.73. The molecule has 2 fully saturated rings. The number of hydrogen-bond acceptors (Lipinski definition) is 18. The van der Waals surface area contributed by atoms with Crippen LogP contribution >= 0.6 is 0 Å². The molecule has 4 aromatic rings. The van der Waals surface area contributed by atoms with Gasteiger partial charge in [0, 0.05) is 39.5 Å². The summed E-state index contributed by atoms with van der Waals surface area (Å²) >= 11 is 0. The number of ether oxygens (including phenoxy) is 10. The van der Waals surface area contributed by atoms with Crippen LogP contribution in [-0.2, 0) is 71.9 Å². The number of hydrogen-bond donors (Lipinski definition) is 2. The molecule has 0 saturated carbocycles. The summed E-state index contributed by atoms with van der Waals surface area (Å²) in [4.78, 5) is 94.8. The number of benzene rings is 3. The molecule has 7 atom stereocenters. The van der Waals surface area contributed by atoms with Crippen molar-refractivity contribution in [1.29, 1.82) is 0 Å². The molecule has 2 N–H and O–H groups in total. The minimum atomic E-state index is -2.74. The molecule has 0 unspecified atom stereocenters. The highest BCUT2D eigenvalue weighted by Gasteiger charge is 2.53. The predicted molar refractivity (Wildman–Crippen MR) is 302 cm³/mol. The first kappa shape index (κ1) is 64.4. The fourth-order valence-corrected chi connectivity index (χ4v) is 16.8. The Morgan fingerprint density at radius 1 is 0.756 bits per heavy atom. The zero-order valence-corrected chi connectivity index (χ0v) is 50.2. The molecular formula is C59H80N4O18Si. The molecule has 3 heterocycles. The molecule has 82 heavy (non-hydrogen) atoms. The van der Waals surface area contributed by atoms with E-state index in [1.165, 1.54) is 29.5 Å². The van der Waals surface area contributed by atoms with Gasteiger partial charge in [-0.25, -0.2) is 4.79 Å². The normalized spacial score (nSPS) is 21.2.